The van der Waals surface area contributed by atoms with Crippen LogP contribution in [0.2, 0.25) is 0 Å². The number of carboxylic acids is 1. The van der Waals surface area contributed by atoms with Crippen molar-refractivity contribution in [3.05, 3.63) is 29.3 Å². The molecule has 0 saturated carbocycles. The predicted octanol–water partition coefficient (Wildman–Crippen LogP) is 1.18. The van der Waals surface area contributed by atoms with Crippen LogP contribution in [0.5, 0.6) is 5.75 Å². The van der Waals surface area contributed by atoms with Crippen molar-refractivity contribution in [3.63, 3.8) is 0 Å². The Hall–Kier alpha value is -1.11. The summed E-state index contributed by atoms with van der Waals surface area (Å²) in [5.41, 5.74) is 0.199. The maximum atomic E-state index is 11.0. The number of halogens is 1. The van der Waals surface area contributed by atoms with Crippen LogP contribution in [0.15, 0.2) is 18.2 Å². The maximum absolute atomic E-state index is 11.0. The minimum atomic E-state index is -1.20. The van der Waals surface area contributed by atoms with Gasteiger partial charge >= 0.3 is 5.97 Å². The molecule has 94 valence electrons. The Morgan fingerprint density at radius 3 is 2.59 bits per heavy atom. The minimum absolute atomic E-state index is 0.0502. The van der Waals surface area contributed by atoms with E-state index in [-0.39, 0.29) is 22.2 Å². The first-order valence-corrected chi connectivity index (χ1v) is 5.97. The third kappa shape index (κ3) is 2.96. The highest BCUT2D eigenvalue weighted by molar-refractivity contribution is 9.09. The van der Waals surface area contributed by atoms with Gasteiger partial charge in [0.15, 0.2) is 0 Å². The molecule has 5 nitrogen and oxygen atoms in total. The van der Waals surface area contributed by atoms with E-state index in [4.69, 9.17) is 9.84 Å². The summed E-state index contributed by atoms with van der Waals surface area (Å²) in [7, 11) is 1.32. The highest BCUT2D eigenvalue weighted by Gasteiger charge is 2.24. The van der Waals surface area contributed by atoms with Crippen LogP contribution in [0.1, 0.15) is 22.0 Å². The fourth-order valence-electron chi connectivity index (χ4n) is 1.48. The van der Waals surface area contributed by atoms with Crippen molar-refractivity contribution in [1.82, 2.24) is 0 Å². The SMILES string of the molecule is COc1c(C(=O)O)cccc1C(O)C(O)CBr. The summed E-state index contributed by atoms with van der Waals surface area (Å²) in [5.74, 6) is -1.09. The summed E-state index contributed by atoms with van der Waals surface area (Å²) in [5, 5.41) is 28.5. The van der Waals surface area contributed by atoms with Gasteiger partial charge in [-0.15, -0.1) is 0 Å². The lowest BCUT2D eigenvalue weighted by Crippen LogP contribution is -2.20. The van der Waals surface area contributed by atoms with Crippen LogP contribution >= 0.6 is 15.9 Å². The van der Waals surface area contributed by atoms with Gasteiger partial charge in [0.05, 0.1) is 13.2 Å². The number of aromatic carboxylic acids is 1. The zero-order valence-electron chi connectivity index (χ0n) is 9.13. The zero-order valence-corrected chi connectivity index (χ0v) is 10.7. The van der Waals surface area contributed by atoms with Crippen molar-refractivity contribution in [2.45, 2.75) is 12.2 Å². The summed E-state index contributed by atoms with van der Waals surface area (Å²) < 4.78 is 4.99. The van der Waals surface area contributed by atoms with E-state index in [0.29, 0.717) is 0 Å². The van der Waals surface area contributed by atoms with E-state index in [1.807, 2.05) is 0 Å². The molecular formula is C11H13BrO5. The molecule has 0 saturated heterocycles. The first kappa shape index (κ1) is 14.0. The lowest BCUT2D eigenvalue weighted by molar-refractivity contribution is 0.0325. The molecule has 1 aromatic rings. The number of carbonyl (C=O) groups is 1. The van der Waals surface area contributed by atoms with Crippen molar-refractivity contribution >= 4 is 21.9 Å². The number of hydrogen-bond acceptors (Lipinski definition) is 4. The van der Waals surface area contributed by atoms with Crippen LogP contribution in [0, 0.1) is 0 Å². The van der Waals surface area contributed by atoms with Crippen LogP contribution in [0.3, 0.4) is 0 Å². The summed E-state index contributed by atoms with van der Waals surface area (Å²) in [4.78, 5) is 11.0. The molecule has 0 radical (unpaired) electrons. The van der Waals surface area contributed by atoms with Gasteiger partial charge in [-0.05, 0) is 6.07 Å². The Morgan fingerprint density at radius 1 is 1.47 bits per heavy atom. The minimum Gasteiger partial charge on any atom is -0.495 e. The number of methoxy groups -OCH3 is 1. The first-order chi connectivity index (χ1) is 8.02. The van der Waals surface area contributed by atoms with E-state index in [9.17, 15) is 15.0 Å². The number of rotatable bonds is 5. The highest BCUT2D eigenvalue weighted by atomic mass is 79.9. The van der Waals surface area contributed by atoms with Gasteiger partial charge in [0.2, 0.25) is 0 Å². The van der Waals surface area contributed by atoms with E-state index < -0.39 is 18.2 Å². The molecule has 6 heteroatoms. The van der Waals surface area contributed by atoms with Crippen LogP contribution in [-0.4, -0.2) is 39.8 Å². The van der Waals surface area contributed by atoms with Gasteiger partial charge < -0.3 is 20.1 Å². The van der Waals surface area contributed by atoms with Crippen LogP contribution in [0.25, 0.3) is 0 Å². The average molecular weight is 305 g/mol. The fourth-order valence-corrected chi connectivity index (χ4v) is 1.83. The second-order valence-electron chi connectivity index (χ2n) is 3.40. The zero-order chi connectivity index (χ0) is 13.0. The van der Waals surface area contributed by atoms with Gasteiger partial charge in [-0.3, -0.25) is 0 Å². The number of para-hydroxylation sites is 1. The van der Waals surface area contributed by atoms with Crippen LogP contribution in [-0.2, 0) is 0 Å². The summed E-state index contributed by atoms with van der Waals surface area (Å²) in [6.45, 7) is 0. The number of hydrogen-bond donors (Lipinski definition) is 3. The maximum Gasteiger partial charge on any atom is 0.339 e. The molecule has 2 atom stereocenters. The van der Waals surface area contributed by atoms with Crippen molar-refractivity contribution in [3.8, 4) is 5.75 Å². The lowest BCUT2D eigenvalue weighted by atomic mass is 10.0. The van der Waals surface area contributed by atoms with E-state index in [1.54, 1.807) is 0 Å². The van der Waals surface area contributed by atoms with E-state index in [1.165, 1.54) is 25.3 Å². The number of aliphatic hydroxyl groups excluding tert-OH is 2. The Balaban J connectivity index is 3.24. The molecule has 3 N–H and O–H groups in total. The van der Waals surface area contributed by atoms with Gasteiger partial charge in [0, 0.05) is 10.9 Å². The molecule has 1 rings (SSSR count). The van der Waals surface area contributed by atoms with Crippen molar-refractivity contribution in [2.24, 2.45) is 0 Å². The standard InChI is InChI=1S/C11H13BrO5/c1-17-10-6(9(14)8(13)5-12)3-2-4-7(10)11(15)16/h2-4,8-9,13-14H,5H2,1H3,(H,15,16). The largest absolute Gasteiger partial charge is 0.495 e. The molecule has 0 aliphatic heterocycles. The van der Waals surface area contributed by atoms with Gasteiger partial charge in [0.1, 0.15) is 17.4 Å². The van der Waals surface area contributed by atoms with E-state index >= 15 is 0 Å². The van der Waals surface area contributed by atoms with Crippen molar-refractivity contribution in [2.75, 3.05) is 12.4 Å². The molecule has 0 amide bonds. The Labute approximate surface area is 107 Å². The topological polar surface area (TPSA) is 87.0 Å². The van der Waals surface area contributed by atoms with E-state index in [2.05, 4.69) is 15.9 Å². The molecule has 0 aliphatic rings. The quantitative estimate of drug-likeness (QED) is 0.711. The Bertz CT molecular complexity index is 407. The molecule has 2 unspecified atom stereocenters. The lowest BCUT2D eigenvalue weighted by Gasteiger charge is -2.19. The number of ether oxygens (including phenoxy) is 1. The summed E-state index contributed by atoms with van der Waals surface area (Å²) >= 11 is 3.04. The number of aliphatic hydroxyl groups is 2. The fraction of sp³-hybridized carbons (Fsp3) is 0.364. The average Bonchev–Trinajstić information content (AvgIpc) is 2.35. The van der Waals surface area contributed by atoms with Gasteiger partial charge in [-0.1, -0.05) is 28.1 Å². The van der Waals surface area contributed by atoms with E-state index in [0.717, 1.165) is 0 Å². The molecular weight excluding hydrogens is 292 g/mol. The predicted molar refractivity (Wildman–Crippen MR) is 64.7 cm³/mol. The summed E-state index contributed by atoms with van der Waals surface area (Å²) in [6.07, 6.45) is -2.24. The van der Waals surface area contributed by atoms with Crippen LogP contribution < -0.4 is 4.74 Å². The van der Waals surface area contributed by atoms with Gasteiger partial charge in [0.25, 0.3) is 0 Å². The van der Waals surface area contributed by atoms with Gasteiger partial charge in [-0.25, -0.2) is 4.79 Å². The molecule has 1 aromatic carbocycles. The van der Waals surface area contributed by atoms with Crippen LogP contribution in [0.4, 0.5) is 0 Å². The molecule has 0 heterocycles. The smallest absolute Gasteiger partial charge is 0.339 e. The monoisotopic (exact) mass is 304 g/mol. The number of carboxylic acid groups (broad SMARTS) is 1. The molecule has 0 spiro atoms. The molecule has 17 heavy (non-hydrogen) atoms. The second kappa shape index (κ2) is 6.00. The number of alkyl halides is 1. The molecule has 0 fully saturated rings. The first-order valence-electron chi connectivity index (χ1n) is 4.85. The Kier molecular flexibility index (Phi) is 4.92. The van der Waals surface area contributed by atoms with Crippen molar-refractivity contribution in [1.29, 1.82) is 0 Å². The van der Waals surface area contributed by atoms with Crippen molar-refractivity contribution < 1.29 is 24.9 Å². The third-order valence-electron chi connectivity index (χ3n) is 2.32. The summed E-state index contributed by atoms with van der Waals surface area (Å²) in [6, 6.07) is 4.38. The van der Waals surface area contributed by atoms with Gasteiger partial charge in [-0.2, -0.15) is 0 Å². The molecule has 0 aliphatic carbocycles. The Morgan fingerprint density at radius 2 is 2.12 bits per heavy atom. The third-order valence-corrected chi connectivity index (χ3v) is 2.98. The number of benzene rings is 1. The second-order valence-corrected chi connectivity index (χ2v) is 4.05. The highest BCUT2D eigenvalue weighted by Crippen LogP contribution is 2.31. The molecule has 0 bridgehead atoms. The normalized spacial score (nSPS) is 14.1. The molecule has 0 aromatic heterocycles.